The Morgan fingerprint density at radius 1 is 1.47 bits per heavy atom. The van der Waals surface area contributed by atoms with Gasteiger partial charge in [-0.2, -0.15) is 0 Å². The smallest absolute Gasteiger partial charge is 0.0826 e. The van der Waals surface area contributed by atoms with Gasteiger partial charge in [0.1, 0.15) is 0 Å². The van der Waals surface area contributed by atoms with Crippen molar-refractivity contribution in [3.05, 3.63) is 0 Å². The summed E-state index contributed by atoms with van der Waals surface area (Å²) >= 11 is 0. The summed E-state index contributed by atoms with van der Waals surface area (Å²) in [4.78, 5) is 2.40. The lowest BCUT2D eigenvalue weighted by Gasteiger charge is -2.38. The second-order valence-electron chi connectivity index (χ2n) is 5.68. The van der Waals surface area contributed by atoms with Gasteiger partial charge in [0.2, 0.25) is 0 Å². The first-order chi connectivity index (χ1) is 6.91. The van der Waals surface area contributed by atoms with E-state index in [0.29, 0.717) is 17.6 Å². The third-order valence-electron chi connectivity index (χ3n) is 3.41. The molecule has 1 heterocycles. The first-order valence-electron chi connectivity index (χ1n) is 5.94. The fourth-order valence-electron chi connectivity index (χ4n) is 1.88. The second-order valence-corrected chi connectivity index (χ2v) is 5.68. The highest BCUT2D eigenvalue weighted by atomic mass is 16.5. The molecule has 0 saturated carbocycles. The Kier molecular flexibility index (Phi) is 4.56. The molecule has 1 aliphatic rings. The average Bonchev–Trinajstić information content (AvgIpc) is 2.16. The Bertz CT molecular complexity index is 183. The van der Waals surface area contributed by atoms with Gasteiger partial charge in [-0.25, -0.2) is 0 Å². The molecule has 2 unspecified atom stereocenters. The van der Waals surface area contributed by atoms with Crippen molar-refractivity contribution >= 4 is 0 Å². The zero-order valence-corrected chi connectivity index (χ0v) is 10.8. The van der Waals surface area contributed by atoms with Crippen LogP contribution in [0.4, 0.5) is 0 Å². The van der Waals surface area contributed by atoms with E-state index in [4.69, 9.17) is 4.74 Å². The largest absolute Gasteiger partial charge is 0.374 e. The van der Waals surface area contributed by atoms with Crippen molar-refractivity contribution in [3.63, 3.8) is 0 Å². The summed E-state index contributed by atoms with van der Waals surface area (Å²) < 4.78 is 5.71. The van der Waals surface area contributed by atoms with Crippen LogP contribution in [0.2, 0.25) is 0 Å². The van der Waals surface area contributed by atoms with Crippen molar-refractivity contribution in [2.75, 3.05) is 33.3 Å². The van der Waals surface area contributed by atoms with Gasteiger partial charge in [0, 0.05) is 25.7 Å². The minimum Gasteiger partial charge on any atom is -0.374 e. The molecule has 0 radical (unpaired) electrons. The summed E-state index contributed by atoms with van der Waals surface area (Å²) in [7, 11) is 2.19. The molecule has 90 valence electrons. The maximum Gasteiger partial charge on any atom is 0.0826 e. The lowest BCUT2D eigenvalue weighted by Crippen LogP contribution is -2.48. The van der Waals surface area contributed by atoms with Crippen LogP contribution in [0.1, 0.15) is 27.7 Å². The number of nitrogens with zero attached hydrogens (tertiary/aromatic N) is 1. The summed E-state index contributed by atoms with van der Waals surface area (Å²) in [5.74, 6) is 0. The van der Waals surface area contributed by atoms with Crippen LogP contribution < -0.4 is 5.32 Å². The molecule has 3 nitrogen and oxygen atoms in total. The van der Waals surface area contributed by atoms with Gasteiger partial charge in [-0.15, -0.1) is 0 Å². The van der Waals surface area contributed by atoms with Crippen molar-refractivity contribution in [1.82, 2.24) is 10.2 Å². The molecule has 0 aliphatic carbocycles. The molecule has 1 saturated heterocycles. The van der Waals surface area contributed by atoms with Crippen molar-refractivity contribution in [2.24, 2.45) is 5.41 Å². The third-order valence-corrected chi connectivity index (χ3v) is 3.41. The maximum absolute atomic E-state index is 5.71. The van der Waals surface area contributed by atoms with Gasteiger partial charge in [0.05, 0.1) is 12.7 Å². The molecule has 1 N–H and O–H groups in total. The first kappa shape index (κ1) is 12.9. The average molecular weight is 214 g/mol. The number of rotatable bonds is 3. The predicted octanol–water partition coefficient (Wildman–Crippen LogP) is 1.34. The first-order valence-corrected chi connectivity index (χ1v) is 5.94. The molecular formula is C12H26N2O. The number of ether oxygens (including phenoxy) is 1. The van der Waals surface area contributed by atoms with E-state index in [0.717, 1.165) is 26.2 Å². The highest BCUT2D eigenvalue weighted by Gasteiger charge is 2.26. The second kappa shape index (κ2) is 5.28. The quantitative estimate of drug-likeness (QED) is 0.767. The van der Waals surface area contributed by atoms with Crippen molar-refractivity contribution < 1.29 is 4.74 Å². The molecule has 0 aromatic carbocycles. The summed E-state index contributed by atoms with van der Waals surface area (Å²) in [6, 6.07) is 0.572. The Balaban J connectivity index is 2.36. The fraction of sp³-hybridized carbons (Fsp3) is 1.00. The Morgan fingerprint density at radius 3 is 2.60 bits per heavy atom. The van der Waals surface area contributed by atoms with Gasteiger partial charge in [0.25, 0.3) is 0 Å². The summed E-state index contributed by atoms with van der Waals surface area (Å²) in [6.07, 6.45) is 0.355. The molecule has 1 rings (SSSR count). The molecule has 3 heteroatoms. The van der Waals surface area contributed by atoms with E-state index in [1.807, 2.05) is 0 Å². The number of likely N-dealkylation sites (N-methyl/N-ethyl adjacent to an activating group) is 1. The van der Waals surface area contributed by atoms with Crippen LogP contribution in [0.3, 0.4) is 0 Å². The Hall–Kier alpha value is -0.120. The molecule has 2 atom stereocenters. The maximum atomic E-state index is 5.71. The van der Waals surface area contributed by atoms with Crippen molar-refractivity contribution in [3.8, 4) is 0 Å². The standard InChI is InChI=1S/C12H26N2O/c1-10(12(2,3)4)14(5)9-11-8-13-6-7-15-11/h10-11,13H,6-9H2,1-5H3. The minimum absolute atomic E-state index is 0.330. The van der Waals surface area contributed by atoms with Crippen LogP contribution >= 0.6 is 0 Å². The summed E-state index contributed by atoms with van der Waals surface area (Å²) in [5.41, 5.74) is 0.330. The zero-order chi connectivity index (χ0) is 11.5. The molecule has 15 heavy (non-hydrogen) atoms. The molecule has 0 bridgehead atoms. The van der Waals surface area contributed by atoms with E-state index in [1.165, 1.54) is 0 Å². The highest BCUT2D eigenvalue weighted by Crippen LogP contribution is 2.23. The number of hydrogen-bond donors (Lipinski definition) is 1. The SMILES string of the molecule is CC(N(C)CC1CNCCO1)C(C)(C)C. The summed E-state index contributed by atoms with van der Waals surface area (Å²) in [6.45, 7) is 13.0. The molecule has 0 amide bonds. The molecule has 1 fully saturated rings. The van der Waals surface area contributed by atoms with Gasteiger partial charge >= 0.3 is 0 Å². The van der Waals surface area contributed by atoms with Crippen molar-refractivity contribution in [1.29, 1.82) is 0 Å². The van der Waals surface area contributed by atoms with Gasteiger partial charge in [-0.3, -0.25) is 0 Å². The third kappa shape index (κ3) is 4.09. The van der Waals surface area contributed by atoms with E-state index in [1.54, 1.807) is 0 Å². The molecular weight excluding hydrogens is 188 g/mol. The van der Waals surface area contributed by atoms with Crippen LogP contribution in [0.15, 0.2) is 0 Å². The Morgan fingerprint density at radius 2 is 2.13 bits per heavy atom. The van der Waals surface area contributed by atoms with Gasteiger partial charge in [0.15, 0.2) is 0 Å². The summed E-state index contributed by atoms with van der Waals surface area (Å²) in [5, 5.41) is 3.37. The number of nitrogens with one attached hydrogen (secondary N) is 1. The molecule has 0 spiro atoms. The van der Waals surface area contributed by atoms with E-state index in [-0.39, 0.29) is 0 Å². The topological polar surface area (TPSA) is 24.5 Å². The Labute approximate surface area is 94.2 Å². The van der Waals surface area contributed by atoms with E-state index in [2.05, 4.69) is 45.0 Å². The van der Waals surface area contributed by atoms with E-state index < -0.39 is 0 Å². The number of hydrogen-bond acceptors (Lipinski definition) is 3. The number of morpholine rings is 1. The lowest BCUT2D eigenvalue weighted by molar-refractivity contribution is -0.00570. The minimum atomic E-state index is 0.330. The van der Waals surface area contributed by atoms with E-state index in [9.17, 15) is 0 Å². The van der Waals surface area contributed by atoms with Crippen LogP contribution in [-0.4, -0.2) is 50.3 Å². The van der Waals surface area contributed by atoms with Crippen molar-refractivity contribution in [2.45, 2.75) is 39.8 Å². The normalized spacial score (nSPS) is 25.6. The monoisotopic (exact) mass is 214 g/mol. The van der Waals surface area contributed by atoms with Gasteiger partial charge in [-0.05, 0) is 19.4 Å². The van der Waals surface area contributed by atoms with Crippen LogP contribution in [0.5, 0.6) is 0 Å². The van der Waals surface area contributed by atoms with Gasteiger partial charge < -0.3 is 15.0 Å². The molecule has 0 aromatic heterocycles. The fourth-order valence-corrected chi connectivity index (χ4v) is 1.88. The zero-order valence-electron chi connectivity index (χ0n) is 10.8. The van der Waals surface area contributed by atoms with Crippen LogP contribution in [0.25, 0.3) is 0 Å². The highest BCUT2D eigenvalue weighted by molar-refractivity contribution is 4.80. The van der Waals surface area contributed by atoms with Crippen LogP contribution in [-0.2, 0) is 4.74 Å². The lowest BCUT2D eigenvalue weighted by atomic mass is 9.87. The molecule has 1 aliphatic heterocycles. The van der Waals surface area contributed by atoms with Crippen LogP contribution in [0, 0.1) is 5.41 Å². The van der Waals surface area contributed by atoms with Gasteiger partial charge in [-0.1, -0.05) is 20.8 Å². The predicted molar refractivity (Wildman–Crippen MR) is 64.2 cm³/mol. The molecule has 0 aromatic rings. The van der Waals surface area contributed by atoms with E-state index >= 15 is 0 Å².